The molecule has 7 nitrogen and oxygen atoms in total. The van der Waals surface area contributed by atoms with Crippen molar-refractivity contribution in [2.75, 3.05) is 13.7 Å². The summed E-state index contributed by atoms with van der Waals surface area (Å²) in [6.45, 7) is 0.564. The Hall–Kier alpha value is -2.15. The third-order valence-corrected chi connectivity index (χ3v) is 5.51. The molecule has 3 aliphatic rings. The third-order valence-electron chi connectivity index (χ3n) is 5.51. The number of furan rings is 1. The lowest BCUT2D eigenvalue weighted by molar-refractivity contribution is 0.0682. The molecule has 25 heavy (non-hydrogen) atoms. The van der Waals surface area contributed by atoms with E-state index in [2.05, 4.69) is 15.2 Å². The molecule has 2 aliphatic carbocycles. The van der Waals surface area contributed by atoms with Crippen molar-refractivity contribution in [3.05, 3.63) is 35.3 Å². The van der Waals surface area contributed by atoms with Crippen molar-refractivity contribution in [1.82, 2.24) is 20.1 Å². The summed E-state index contributed by atoms with van der Waals surface area (Å²) in [5.74, 6) is 3.38. The maximum atomic E-state index is 13.2. The van der Waals surface area contributed by atoms with Gasteiger partial charge in [-0.25, -0.2) is 4.98 Å². The lowest BCUT2D eigenvalue weighted by Crippen LogP contribution is -2.32. The summed E-state index contributed by atoms with van der Waals surface area (Å²) < 4.78 is 11.1. The molecule has 2 aromatic rings. The highest BCUT2D eigenvalue weighted by molar-refractivity contribution is 5.96. The Balaban J connectivity index is 1.44. The molecule has 1 saturated heterocycles. The lowest BCUT2D eigenvalue weighted by atomic mass is 10.1. The van der Waals surface area contributed by atoms with E-state index in [9.17, 15) is 4.79 Å². The van der Waals surface area contributed by atoms with Gasteiger partial charge < -0.3 is 14.1 Å². The highest BCUT2D eigenvalue weighted by Crippen LogP contribution is 2.43. The lowest BCUT2D eigenvalue weighted by Gasteiger charge is -2.22. The standard InChI is InChI=1S/C18H22N4O3/c1-24-12-8-14(17-19-16(20-21-17)11-4-5-11)22(9-12)18(23)13-6-7-25-15(13)10-2-3-10/h6-7,10-12,14H,2-5,8-9H2,1H3,(H,19,20,21)/t12-,14+/m1/s1. The van der Waals surface area contributed by atoms with Gasteiger partial charge in [0.1, 0.15) is 11.6 Å². The first kappa shape index (κ1) is 15.1. The number of ether oxygens (including phenoxy) is 1. The molecule has 1 N–H and O–H groups in total. The number of hydrogen-bond donors (Lipinski definition) is 1. The van der Waals surface area contributed by atoms with Crippen molar-refractivity contribution in [3.8, 4) is 0 Å². The average molecular weight is 342 g/mol. The predicted molar refractivity (Wildman–Crippen MR) is 88.2 cm³/mol. The Morgan fingerprint density at radius 1 is 1.32 bits per heavy atom. The van der Waals surface area contributed by atoms with Crippen molar-refractivity contribution in [3.63, 3.8) is 0 Å². The van der Waals surface area contributed by atoms with Crippen molar-refractivity contribution in [2.45, 2.75) is 56.1 Å². The van der Waals surface area contributed by atoms with Crippen LogP contribution in [-0.4, -0.2) is 45.7 Å². The molecule has 3 heterocycles. The van der Waals surface area contributed by atoms with Gasteiger partial charge in [-0.05, 0) is 31.7 Å². The Kier molecular flexibility index (Phi) is 3.45. The Morgan fingerprint density at radius 2 is 2.12 bits per heavy atom. The molecule has 1 aliphatic heterocycles. The molecule has 5 rings (SSSR count). The van der Waals surface area contributed by atoms with E-state index in [0.717, 1.165) is 49.5 Å². The molecular formula is C18H22N4O3. The van der Waals surface area contributed by atoms with E-state index in [0.29, 0.717) is 23.9 Å². The summed E-state index contributed by atoms with van der Waals surface area (Å²) in [7, 11) is 1.69. The highest BCUT2D eigenvalue weighted by atomic mass is 16.5. The van der Waals surface area contributed by atoms with Crippen LogP contribution in [0.25, 0.3) is 0 Å². The maximum Gasteiger partial charge on any atom is 0.258 e. The predicted octanol–water partition coefficient (Wildman–Crippen LogP) is 2.75. The van der Waals surface area contributed by atoms with Gasteiger partial charge in [0.05, 0.1) is 24.0 Å². The minimum absolute atomic E-state index is 0.00423. The van der Waals surface area contributed by atoms with Crippen LogP contribution >= 0.6 is 0 Å². The SMILES string of the molecule is CO[C@@H]1C[C@@H](c2nc(C3CC3)n[nH]2)N(C(=O)c2ccoc2C2CC2)C1. The van der Waals surface area contributed by atoms with E-state index in [-0.39, 0.29) is 18.1 Å². The molecule has 0 bridgehead atoms. The summed E-state index contributed by atoms with van der Waals surface area (Å²) in [6, 6.07) is 1.67. The van der Waals surface area contributed by atoms with Crippen LogP contribution in [0.4, 0.5) is 0 Å². The zero-order valence-electron chi connectivity index (χ0n) is 14.3. The molecule has 2 atom stereocenters. The van der Waals surface area contributed by atoms with Crippen LogP contribution in [0.15, 0.2) is 16.7 Å². The van der Waals surface area contributed by atoms with Crippen LogP contribution in [0.2, 0.25) is 0 Å². The molecule has 2 saturated carbocycles. The topological polar surface area (TPSA) is 84.3 Å². The van der Waals surface area contributed by atoms with Crippen molar-refractivity contribution in [2.24, 2.45) is 0 Å². The average Bonchev–Trinajstić information content (AvgIpc) is 3.51. The summed E-state index contributed by atoms with van der Waals surface area (Å²) in [5, 5.41) is 7.41. The van der Waals surface area contributed by atoms with Gasteiger partial charge in [0.25, 0.3) is 5.91 Å². The molecule has 0 aromatic carbocycles. The fourth-order valence-electron chi connectivity index (χ4n) is 3.73. The van der Waals surface area contributed by atoms with Crippen LogP contribution in [0, 0.1) is 0 Å². The van der Waals surface area contributed by atoms with Crippen molar-refractivity contribution < 1.29 is 13.9 Å². The number of carbonyl (C=O) groups excluding carboxylic acids is 1. The number of rotatable bonds is 5. The molecule has 3 fully saturated rings. The van der Waals surface area contributed by atoms with E-state index in [1.807, 2.05) is 4.90 Å². The van der Waals surface area contributed by atoms with Gasteiger partial charge >= 0.3 is 0 Å². The van der Waals surface area contributed by atoms with Gasteiger partial charge in [-0.3, -0.25) is 9.89 Å². The first-order chi connectivity index (χ1) is 12.2. The number of amides is 1. The molecule has 1 amide bonds. The minimum atomic E-state index is -0.126. The quantitative estimate of drug-likeness (QED) is 0.903. The largest absolute Gasteiger partial charge is 0.468 e. The van der Waals surface area contributed by atoms with Crippen LogP contribution < -0.4 is 0 Å². The van der Waals surface area contributed by atoms with Gasteiger partial charge in [-0.15, -0.1) is 0 Å². The number of nitrogens with one attached hydrogen (secondary N) is 1. The third kappa shape index (κ3) is 2.66. The van der Waals surface area contributed by atoms with E-state index in [1.54, 1.807) is 19.4 Å². The normalized spacial score (nSPS) is 26.4. The molecule has 7 heteroatoms. The Morgan fingerprint density at radius 3 is 2.84 bits per heavy atom. The van der Waals surface area contributed by atoms with Gasteiger partial charge in [-0.2, -0.15) is 5.10 Å². The van der Waals surface area contributed by atoms with Crippen molar-refractivity contribution in [1.29, 1.82) is 0 Å². The van der Waals surface area contributed by atoms with Gasteiger partial charge in [0, 0.05) is 31.9 Å². The number of likely N-dealkylation sites (tertiary alicyclic amines) is 1. The second-order valence-electron chi connectivity index (χ2n) is 7.39. The highest BCUT2D eigenvalue weighted by Gasteiger charge is 2.41. The molecular weight excluding hydrogens is 320 g/mol. The Labute approximate surface area is 145 Å². The molecule has 0 spiro atoms. The second-order valence-corrected chi connectivity index (χ2v) is 7.39. The first-order valence-electron chi connectivity index (χ1n) is 9.08. The summed E-state index contributed by atoms with van der Waals surface area (Å²) >= 11 is 0. The minimum Gasteiger partial charge on any atom is -0.468 e. The molecule has 2 aromatic heterocycles. The number of hydrogen-bond acceptors (Lipinski definition) is 5. The zero-order chi connectivity index (χ0) is 17.0. The van der Waals surface area contributed by atoms with Crippen LogP contribution in [0.1, 0.15) is 77.7 Å². The summed E-state index contributed by atoms with van der Waals surface area (Å²) in [6.07, 6.45) is 6.89. The fraction of sp³-hybridized carbons (Fsp3) is 0.611. The molecule has 0 unspecified atom stereocenters. The van der Waals surface area contributed by atoms with E-state index < -0.39 is 0 Å². The number of carbonyl (C=O) groups is 1. The van der Waals surface area contributed by atoms with E-state index in [1.165, 1.54) is 0 Å². The van der Waals surface area contributed by atoms with Gasteiger partial charge in [0.15, 0.2) is 5.82 Å². The van der Waals surface area contributed by atoms with Gasteiger partial charge in [0.2, 0.25) is 0 Å². The second kappa shape index (κ2) is 5.69. The number of H-pyrrole nitrogens is 1. The maximum absolute atomic E-state index is 13.2. The zero-order valence-corrected chi connectivity index (χ0v) is 14.3. The number of nitrogens with zero attached hydrogens (tertiary/aromatic N) is 3. The first-order valence-corrected chi connectivity index (χ1v) is 9.08. The monoisotopic (exact) mass is 342 g/mol. The van der Waals surface area contributed by atoms with Crippen molar-refractivity contribution >= 4 is 5.91 Å². The van der Waals surface area contributed by atoms with Crippen LogP contribution in [-0.2, 0) is 4.74 Å². The summed E-state index contributed by atoms with van der Waals surface area (Å²) in [5.41, 5.74) is 0.686. The van der Waals surface area contributed by atoms with Crippen LogP contribution in [0.3, 0.4) is 0 Å². The number of methoxy groups -OCH3 is 1. The van der Waals surface area contributed by atoms with E-state index in [4.69, 9.17) is 9.15 Å². The summed E-state index contributed by atoms with van der Waals surface area (Å²) in [4.78, 5) is 19.7. The van der Waals surface area contributed by atoms with Crippen LogP contribution in [0.5, 0.6) is 0 Å². The fourth-order valence-corrected chi connectivity index (χ4v) is 3.73. The Bertz CT molecular complexity index is 790. The number of aromatic nitrogens is 3. The van der Waals surface area contributed by atoms with E-state index >= 15 is 0 Å². The smallest absolute Gasteiger partial charge is 0.258 e. The molecule has 0 radical (unpaired) electrons. The molecule has 132 valence electrons. The number of aromatic amines is 1. The van der Waals surface area contributed by atoms with Gasteiger partial charge in [-0.1, -0.05) is 0 Å².